The van der Waals surface area contributed by atoms with E-state index in [2.05, 4.69) is 10.6 Å². The maximum absolute atomic E-state index is 13.5. The molecule has 4 rings (SSSR count). The molecule has 1 aliphatic carbocycles. The number of carbonyl (C=O) groups is 2. The van der Waals surface area contributed by atoms with E-state index in [-0.39, 0.29) is 29.8 Å². The van der Waals surface area contributed by atoms with Crippen molar-refractivity contribution >= 4 is 22.9 Å². The van der Waals surface area contributed by atoms with Crippen LogP contribution in [0.25, 0.3) is 11.0 Å². The number of likely N-dealkylation sites (tertiary alicyclic amines) is 1. The van der Waals surface area contributed by atoms with Gasteiger partial charge in [-0.25, -0.2) is 9.18 Å². The maximum Gasteiger partial charge on any atom is 0.315 e. The van der Waals surface area contributed by atoms with Crippen LogP contribution in [0.4, 0.5) is 9.18 Å². The van der Waals surface area contributed by atoms with Gasteiger partial charge in [0.25, 0.3) is 0 Å². The molecule has 168 valence electrons. The van der Waals surface area contributed by atoms with Gasteiger partial charge in [-0.15, -0.1) is 0 Å². The Morgan fingerprint density at radius 1 is 1.13 bits per heavy atom. The molecule has 1 saturated heterocycles. The smallest absolute Gasteiger partial charge is 0.315 e. The number of amides is 3. The van der Waals surface area contributed by atoms with Crippen molar-refractivity contribution in [2.75, 3.05) is 13.1 Å². The Balaban J connectivity index is 1.27. The Labute approximate surface area is 182 Å². The number of nitrogens with one attached hydrogen (secondary N) is 2. The summed E-state index contributed by atoms with van der Waals surface area (Å²) in [5.41, 5.74) is 1.44. The normalized spacial score (nSPS) is 19.4. The molecular weight excluding hydrogens is 397 g/mol. The van der Waals surface area contributed by atoms with Gasteiger partial charge < -0.3 is 20.0 Å². The highest BCUT2D eigenvalue weighted by molar-refractivity contribution is 5.83. The Kier molecular flexibility index (Phi) is 6.49. The van der Waals surface area contributed by atoms with Crippen molar-refractivity contribution in [1.29, 1.82) is 0 Å². The van der Waals surface area contributed by atoms with Crippen LogP contribution in [-0.2, 0) is 4.79 Å². The fourth-order valence-corrected chi connectivity index (χ4v) is 4.97. The van der Waals surface area contributed by atoms with E-state index in [4.69, 9.17) is 4.42 Å². The quantitative estimate of drug-likeness (QED) is 0.732. The number of hydrogen-bond acceptors (Lipinski definition) is 3. The molecule has 6 nitrogen and oxygen atoms in total. The summed E-state index contributed by atoms with van der Waals surface area (Å²) >= 11 is 0. The van der Waals surface area contributed by atoms with Gasteiger partial charge in [0.05, 0.1) is 6.04 Å². The molecule has 2 fully saturated rings. The number of aryl methyl sites for hydroxylation is 1. The number of halogens is 1. The molecule has 1 atom stereocenters. The van der Waals surface area contributed by atoms with E-state index in [0.717, 1.165) is 49.5 Å². The molecule has 2 aliphatic rings. The van der Waals surface area contributed by atoms with Gasteiger partial charge in [0.1, 0.15) is 17.2 Å². The minimum absolute atomic E-state index is 0.0495. The Bertz CT molecular complexity index is 943. The third-order valence-electron chi connectivity index (χ3n) is 6.77. The molecule has 1 aromatic heterocycles. The zero-order chi connectivity index (χ0) is 22.0. The molecule has 3 amide bonds. The standard InChI is InChI=1S/C24H32FN3O3/c1-15-20-14-18(25)8-9-21(20)31-22(15)16(2)26-24(30)27-19-10-12-28(13-11-19)23(29)17-6-4-3-5-7-17/h8-9,14,16-17,19H,3-7,10-13H2,1-2H3,(H2,26,27,30). The molecule has 2 N–H and O–H groups in total. The van der Waals surface area contributed by atoms with Crippen LogP contribution in [0.1, 0.15) is 69.2 Å². The van der Waals surface area contributed by atoms with E-state index < -0.39 is 0 Å². The van der Waals surface area contributed by atoms with Crippen LogP contribution in [0.2, 0.25) is 0 Å². The molecule has 2 aromatic rings. The van der Waals surface area contributed by atoms with Gasteiger partial charge in [0.2, 0.25) is 5.91 Å². The van der Waals surface area contributed by atoms with Crippen molar-refractivity contribution in [2.45, 2.75) is 70.9 Å². The predicted molar refractivity (Wildman–Crippen MR) is 117 cm³/mol. The molecule has 2 heterocycles. The summed E-state index contributed by atoms with van der Waals surface area (Å²) in [5, 5.41) is 6.68. The topological polar surface area (TPSA) is 74.6 Å². The molecule has 7 heteroatoms. The zero-order valence-corrected chi connectivity index (χ0v) is 18.4. The lowest BCUT2D eigenvalue weighted by Crippen LogP contribution is -2.50. The number of rotatable bonds is 4. The van der Waals surface area contributed by atoms with Crippen molar-refractivity contribution in [2.24, 2.45) is 5.92 Å². The average Bonchev–Trinajstić information content (AvgIpc) is 3.10. The molecule has 1 saturated carbocycles. The highest BCUT2D eigenvalue weighted by Crippen LogP contribution is 2.30. The third-order valence-corrected chi connectivity index (χ3v) is 6.77. The summed E-state index contributed by atoms with van der Waals surface area (Å²) < 4.78 is 19.4. The van der Waals surface area contributed by atoms with E-state index >= 15 is 0 Å². The van der Waals surface area contributed by atoms with E-state index in [1.807, 2.05) is 18.7 Å². The monoisotopic (exact) mass is 429 g/mol. The van der Waals surface area contributed by atoms with Gasteiger partial charge in [-0.3, -0.25) is 4.79 Å². The first-order valence-corrected chi connectivity index (χ1v) is 11.5. The van der Waals surface area contributed by atoms with Gasteiger partial charge >= 0.3 is 6.03 Å². The van der Waals surface area contributed by atoms with E-state index in [1.54, 1.807) is 6.07 Å². The van der Waals surface area contributed by atoms with Crippen molar-refractivity contribution in [3.63, 3.8) is 0 Å². The van der Waals surface area contributed by atoms with E-state index in [1.165, 1.54) is 18.6 Å². The van der Waals surface area contributed by atoms with Crippen molar-refractivity contribution < 1.29 is 18.4 Å². The number of furan rings is 1. The molecule has 1 unspecified atom stereocenters. The second kappa shape index (κ2) is 9.28. The van der Waals surface area contributed by atoms with Crippen molar-refractivity contribution in [3.8, 4) is 0 Å². The van der Waals surface area contributed by atoms with Crippen LogP contribution >= 0.6 is 0 Å². The second-order valence-electron chi connectivity index (χ2n) is 9.01. The fourth-order valence-electron chi connectivity index (χ4n) is 4.97. The van der Waals surface area contributed by atoms with Gasteiger partial charge in [-0.1, -0.05) is 19.3 Å². The molecule has 31 heavy (non-hydrogen) atoms. The number of carbonyl (C=O) groups excluding carboxylic acids is 2. The molecule has 1 aliphatic heterocycles. The van der Waals surface area contributed by atoms with E-state index in [9.17, 15) is 14.0 Å². The van der Waals surface area contributed by atoms with Gasteiger partial charge in [0, 0.05) is 36.0 Å². The average molecular weight is 430 g/mol. The Morgan fingerprint density at radius 2 is 1.84 bits per heavy atom. The summed E-state index contributed by atoms with van der Waals surface area (Å²) in [5.74, 6) is 0.814. The van der Waals surface area contributed by atoms with Crippen molar-refractivity contribution in [3.05, 3.63) is 35.3 Å². The van der Waals surface area contributed by atoms with Crippen LogP contribution in [-0.4, -0.2) is 36.0 Å². The first kappa shape index (κ1) is 21.7. The van der Waals surface area contributed by atoms with Crippen molar-refractivity contribution in [1.82, 2.24) is 15.5 Å². The number of hydrogen-bond donors (Lipinski definition) is 2. The van der Waals surface area contributed by atoms with Crippen LogP contribution in [0.3, 0.4) is 0 Å². The number of piperidine rings is 1. The molecule has 0 spiro atoms. The summed E-state index contributed by atoms with van der Waals surface area (Å²) in [7, 11) is 0. The van der Waals surface area contributed by atoms with Gasteiger partial charge in [-0.05, 0) is 57.7 Å². The van der Waals surface area contributed by atoms with Crippen LogP contribution in [0.15, 0.2) is 22.6 Å². The minimum Gasteiger partial charge on any atom is -0.459 e. The molecule has 0 radical (unpaired) electrons. The lowest BCUT2D eigenvalue weighted by molar-refractivity contribution is -0.137. The SMILES string of the molecule is Cc1c(C(C)NC(=O)NC2CCN(C(=O)C3CCCCC3)CC2)oc2ccc(F)cc12. The predicted octanol–water partition coefficient (Wildman–Crippen LogP) is 4.81. The van der Waals surface area contributed by atoms with Gasteiger partial charge in [-0.2, -0.15) is 0 Å². The van der Waals surface area contributed by atoms with E-state index in [0.29, 0.717) is 30.3 Å². The lowest BCUT2D eigenvalue weighted by atomic mass is 9.87. The lowest BCUT2D eigenvalue weighted by Gasteiger charge is -2.35. The zero-order valence-electron chi connectivity index (χ0n) is 18.4. The summed E-state index contributed by atoms with van der Waals surface area (Å²) in [6, 6.07) is 3.88. The third kappa shape index (κ3) is 4.86. The van der Waals surface area contributed by atoms with Crippen LogP contribution < -0.4 is 10.6 Å². The first-order chi connectivity index (χ1) is 14.9. The summed E-state index contributed by atoms with van der Waals surface area (Å²) in [6.45, 7) is 5.12. The highest BCUT2D eigenvalue weighted by atomic mass is 19.1. The maximum atomic E-state index is 13.5. The fraction of sp³-hybridized carbons (Fsp3) is 0.583. The second-order valence-corrected chi connectivity index (χ2v) is 9.01. The van der Waals surface area contributed by atoms with Gasteiger partial charge in [0.15, 0.2) is 0 Å². The highest BCUT2D eigenvalue weighted by Gasteiger charge is 2.30. The number of fused-ring (bicyclic) bond motifs is 1. The Hall–Kier alpha value is -2.57. The number of nitrogens with zero attached hydrogens (tertiary/aromatic N) is 1. The largest absolute Gasteiger partial charge is 0.459 e. The molecular formula is C24H32FN3O3. The minimum atomic E-state index is -0.344. The first-order valence-electron chi connectivity index (χ1n) is 11.5. The summed E-state index contributed by atoms with van der Waals surface area (Å²) in [4.78, 5) is 27.2. The van der Waals surface area contributed by atoms with Crippen LogP contribution in [0.5, 0.6) is 0 Å². The molecule has 0 bridgehead atoms. The summed E-state index contributed by atoms with van der Waals surface area (Å²) in [6.07, 6.45) is 7.13. The number of urea groups is 1. The van der Waals surface area contributed by atoms with Crippen LogP contribution in [0, 0.1) is 18.7 Å². The Morgan fingerprint density at radius 3 is 2.55 bits per heavy atom. The molecule has 1 aromatic carbocycles. The number of benzene rings is 1.